The number of aliphatic imine (C=N–C) groups is 1. The molecule has 3 heterocycles. The number of hydrazine groups is 1. The van der Waals surface area contributed by atoms with Crippen molar-refractivity contribution in [3.05, 3.63) is 59.7 Å². The quantitative estimate of drug-likeness (QED) is 0.303. The molecule has 39 heavy (non-hydrogen) atoms. The summed E-state index contributed by atoms with van der Waals surface area (Å²) in [4.78, 5) is 44.9. The Labute approximate surface area is 226 Å². The second kappa shape index (κ2) is 11.7. The van der Waals surface area contributed by atoms with E-state index >= 15 is 0 Å². The van der Waals surface area contributed by atoms with Crippen molar-refractivity contribution in [2.75, 3.05) is 33.3 Å². The first kappa shape index (κ1) is 26.5. The fourth-order valence-corrected chi connectivity index (χ4v) is 5.66. The minimum absolute atomic E-state index is 0.292. The number of piperidine rings is 1. The Morgan fingerprint density at radius 3 is 2.56 bits per heavy atom. The summed E-state index contributed by atoms with van der Waals surface area (Å²) in [5, 5.41) is 10.3. The maximum absolute atomic E-state index is 13.2. The minimum atomic E-state index is -0.899. The number of methoxy groups -OCH3 is 1. The van der Waals surface area contributed by atoms with Gasteiger partial charge in [0.15, 0.2) is 0 Å². The van der Waals surface area contributed by atoms with Crippen LogP contribution >= 0.6 is 0 Å². The van der Waals surface area contributed by atoms with Crippen LogP contribution in [-0.2, 0) is 14.3 Å². The minimum Gasteiger partial charge on any atom is -0.468 e. The molecule has 2 atom stereocenters. The largest absolute Gasteiger partial charge is 0.468 e. The van der Waals surface area contributed by atoms with E-state index < -0.39 is 24.0 Å². The molecule has 2 aliphatic heterocycles. The third kappa shape index (κ3) is 5.53. The monoisotopic (exact) mass is 532 g/mol. The number of rotatable bonds is 9. The molecule has 2 aromatic carbocycles. The van der Waals surface area contributed by atoms with Gasteiger partial charge in [-0.1, -0.05) is 36.4 Å². The molecule has 3 amide bonds. The van der Waals surface area contributed by atoms with Crippen LogP contribution in [0.4, 0.5) is 4.79 Å². The highest BCUT2D eigenvalue weighted by atomic mass is 16.6. The van der Waals surface area contributed by atoms with Gasteiger partial charge in [-0.15, -0.1) is 0 Å². The molecule has 1 saturated heterocycles. The Balaban J connectivity index is 1.31. The average Bonchev–Trinajstić information content (AvgIpc) is 3.44. The van der Waals surface area contributed by atoms with Crippen molar-refractivity contribution in [2.45, 2.75) is 38.1 Å². The van der Waals surface area contributed by atoms with E-state index in [4.69, 9.17) is 9.37 Å². The first-order valence-corrected chi connectivity index (χ1v) is 13.2. The molecular formula is C28H32N6O5. The van der Waals surface area contributed by atoms with Crippen molar-refractivity contribution in [2.24, 2.45) is 10.9 Å². The molecule has 2 unspecified atom stereocenters. The van der Waals surface area contributed by atoms with Crippen molar-refractivity contribution in [1.29, 1.82) is 0 Å². The molecule has 0 aliphatic carbocycles. The molecule has 3 aromatic rings. The fourth-order valence-electron chi connectivity index (χ4n) is 5.66. The first-order chi connectivity index (χ1) is 19.0. The number of aromatic nitrogens is 2. The summed E-state index contributed by atoms with van der Waals surface area (Å²) >= 11 is 0. The Morgan fingerprint density at radius 2 is 1.85 bits per heavy atom. The highest BCUT2D eigenvalue weighted by molar-refractivity contribution is 6.08. The molecule has 0 bridgehead atoms. The van der Waals surface area contributed by atoms with Crippen LogP contribution in [0, 0.1) is 5.92 Å². The van der Waals surface area contributed by atoms with Crippen LogP contribution in [-0.4, -0.2) is 82.6 Å². The van der Waals surface area contributed by atoms with E-state index in [2.05, 4.69) is 44.5 Å². The third-order valence-corrected chi connectivity index (χ3v) is 7.69. The van der Waals surface area contributed by atoms with Gasteiger partial charge < -0.3 is 9.64 Å². The Morgan fingerprint density at radius 1 is 1.10 bits per heavy atom. The van der Waals surface area contributed by atoms with Crippen LogP contribution in [0.2, 0.25) is 0 Å². The predicted octanol–water partition coefficient (Wildman–Crippen LogP) is 3.59. The van der Waals surface area contributed by atoms with Crippen molar-refractivity contribution in [1.82, 2.24) is 25.2 Å². The zero-order valence-electron chi connectivity index (χ0n) is 22.1. The number of urea groups is 1. The van der Waals surface area contributed by atoms with E-state index in [1.165, 1.54) is 22.7 Å². The van der Waals surface area contributed by atoms with E-state index in [1.807, 2.05) is 6.07 Å². The van der Waals surface area contributed by atoms with Gasteiger partial charge in [0.2, 0.25) is 6.41 Å². The normalized spacial score (nSPS) is 20.6. The lowest BCUT2D eigenvalue weighted by Gasteiger charge is -2.42. The Bertz CT molecular complexity index is 1350. The van der Waals surface area contributed by atoms with E-state index in [9.17, 15) is 14.4 Å². The van der Waals surface area contributed by atoms with Crippen molar-refractivity contribution >= 4 is 35.2 Å². The SMILES string of the molecule is COC(=O)C1C(C)=NC(=O)N(N(C=O)CCCN2CCC(c3ccccc3)CC2)C1c1ccc2nonc2c1. The van der Waals surface area contributed by atoms with Crippen LogP contribution in [0.5, 0.6) is 0 Å². The topological polar surface area (TPSA) is 121 Å². The van der Waals surface area contributed by atoms with Crippen LogP contribution in [0.15, 0.2) is 58.2 Å². The van der Waals surface area contributed by atoms with Crippen LogP contribution in [0.25, 0.3) is 11.0 Å². The molecule has 204 valence electrons. The summed E-state index contributed by atoms with van der Waals surface area (Å²) in [7, 11) is 1.29. The van der Waals surface area contributed by atoms with Gasteiger partial charge >= 0.3 is 12.0 Å². The van der Waals surface area contributed by atoms with E-state index in [0.717, 1.165) is 32.5 Å². The van der Waals surface area contributed by atoms with Gasteiger partial charge in [0.05, 0.1) is 13.2 Å². The van der Waals surface area contributed by atoms with E-state index in [1.54, 1.807) is 25.1 Å². The molecule has 0 N–H and O–H groups in total. The average molecular weight is 533 g/mol. The lowest BCUT2D eigenvalue weighted by molar-refractivity contribution is -0.150. The lowest BCUT2D eigenvalue weighted by Crippen LogP contribution is -2.54. The summed E-state index contributed by atoms with van der Waals surface area (Å²) in [6.45, 7) is 4.65. The second-order valence-electron chi connectivity index (χ2n) is 9.99. The van der Waals surface area contributed by atoms with Gasteiger partial charge in [0, 0.05) is 12.3 Å². The summed E-state index contributed by atoms with van der Waals surface area (Å²) < 4.78 is 9.88. The highest BCUT2D eigenvalue weighted by Crippen LogP contribution is 2.37. The molecule has 0 radical (unpaired) electrons. The van der Waals surface area contributed by atoms with Crippen LogP contribution < -0.4 is 0 Å². The summed E-state index contributed by atoms with van der Waals surface area (Å²) in [5.74, 6) is -0.886. The zero-order chi connectivity index (χ0) is 27.4. The van der Waals surface area contributed by atoms with E-state index in [-0.39, 0.29) is 0 Å². The number of nitrogens with zero attached hydrogens (tertiary/aromatic N) is 6. The number of fused-ring (bicyclic) bond motifs is 1. The number of benzene rings is 2. The van der Waals surface area contributed by atoms with Gasteiger partial charge in [-0.3, -0.25) is 14.6 Å². The number of carbonyl (C=O) groups excluding carboxylic acids is 3. The standard InChI is InChI=1S/C28H32N6O5/c1-19-25(27(36)38-2)26(22-9-10-23-24(17-22)31-39-30-23)34(28(37)29-19)33(18-35)14-6-13-32-15-11-21(12-16-32)20-7-4-3-5-8-20/h3-5,7-10,17-18,21,25-26H,6,11-16H2,1-2H3. The molecule has 11 nitrogen and oxygen atoms in total. The number of likely N-dealkylation sites (tertiary alicyclic amines) is 1. The van der Waals surface area contributed by atoms with Crippen LogP contribution in [0.3, 0.4) is 0 Å². The number of carbonyl (C=O) groups is 3. The van der Waals surface area contributed by atoms with Gasteiger partial charge in [0.1, 0.15) is 17.0 Å². The predicted molar refractivity (Wildman–Crippen MR) is 143 cm³/mol. The molecule has 1 fully saturated rings. The number of hydrogen-bond acceptors (Lipinski definition) is 8. The molecule has 0 spiro atoms. The Hall–Kier alpha value is -4.12. The number of esters is 1. The molecule has 11 heteroatoms. The van der Waals surface area contributed by atoms with E-state index in [0.29, 0.717) is 47.6 Å². The molecule has 1 aromatic heterocycles. The van der Waals surface area contributed by atoms with Gasteiger partial charge in [-0.2, -0.15) is 0 Å². The first-order valence-electron chi connectivity index (χ1n) is 13.2. The summed E-state index contributed by atoms with van der Waals surface area (Å²) in [6, 6.07) is 14.3. The number of ether oxygens (including phenoxy) is 1. The number of hydrogen-bond donors (Lipinski definition) is 0. The zero-order valence-corrected chi connectivity index (χ0v) is 22.1. The Kier molecular flexibility index (Phi) is 7.97. The maximum Gasteiger partial charge on any atom is 0.362 e. The molecular weight excluding hydrogens is 500 g/mol. The van der Waals surface area contributed by atoms with Gasteiger partial charge in [-0.25, -0.2) is 19.4 Å². The number of amides is 3. The molecule has 5 rings (SSSR count). The second-order valence-corrected chi connectivity index (χ2v) is 9.99. The van der Waals surface area contributed by atoms with Gasteiger partial charge in [-0.05, 0) is 85.3 Å². The van der Waals surface area contributed by atoms with Crippen molar-refractivity contribution < 1.29 is 23.7 Å². The third-order valence-electron chi connectivity index (χ3n) is 7.69. The van der Waals surface area contributed by atoms with Crippen molar-refractivity contribution in [3.63, 3.8) is 0 Å². The molecule has 2 aliphatic rings. The summed E-state index contributed by atoms with van der Waals surface area (Å²) in [6.07, 6.45) is 3.45. The van der Waals surface area contributed by atoms with Crippen LogP contribution in [0.1, 0.15) is 49.3 Å². The van der Waals surface area contributed by atoms with Gasteiger partial charge in [0.25, 0.3) is 0 Å². The smallest absolute Gasteiger partial charge is 0.362 e. The van der Waals surface area contributed by atoms with Crippen molar-refractivity contribution in [3.8, 4) is 0 Å². The summed E-state index contributed by atoms with van der Waals surface area (Å²) in [5.41, 5.74) is 3.30. The highest BCUT2D eigenvalue weighted by Gasteiger charge is 2.45. The molecule has 0 saturated carbocycles. The fraction of sp³-hybridized carbons (Fsp3) is 0.429. The lowest BCUT2D eigenvalue weighted by atomic mass is 9.87. The maximum atomic E-state index is 13.2.